The fourth-order valence-corrected chi connectivity index (χ4v) is 3.18. The van der Waals surface area contributed by atoms with Crippen LogP contribution in [0.5, 0.6) is 0 Å². The second-order valence-corrected chi connectivity index (χ2v) is 6.79. The average molecular weight is 386 g/mol. The molecule has 0 fully saturated rings. The minimum absolute atomic E-state index is 0.230. The predicted octanol–water partition coefficient (Wildman–Crippen LogP) is 3.25. The van der Waals surface area contributed by atoms with E-state index in [1.54, 1.807) is 18.5 Å². The molecule has 4 rings (SSSR count). The van der Waals surface area contributed by atoms with Gasteiger partial charge >= 0.3 is 0 Å². The summed E-state index contributed by atoms with van der Waals surface area (Å²) in [6.45, 7) is 2.95. The van der Waals surface area contributed by atoms with E-state index in [1.165, 1.54) is 10.9 Å². The largest absolute Gasteiger partial charge is 0.361 e. The van der Waals surface area contributed by atoms with Crippen LogP contribution >= 0.6 is 0 Å². The fourth-order valence-electron chi connectivity index (χ4n) is 3.18. The first kappa shape index (κ1) is 18.6. The summed E-state index contributed by atoms with van der Waals surface area (Å²) in [4.78, 5) is 28.5. The van der Waals surface area contributed by atoms with E-state index in [0.29, 0.717) is 24.7 Å². The van der Waals surface area contributed by atoms with E-state index in [9.17, 15) is 4.79 Å². The Balaban J connectivity index is 1.38. The number of carbonyl (C=O) groups is 1. The number of benzene rings is 1. The first-order chi connectivity index (χ1) is 14.2. The van der Waals surface area contributed by atoms with Gasteiger partial charge in [0.15, 0.2) is 0 Å². The molecule has 7 nitrogen and oxygen atoms in total. The zero-order valence-electron chi connectivity index (χ0n) is 16.1. The number of hydrogen-bond acceptors (Lipinski definition) is 5. The van der Waals surface area contributed by atoms with E-state index in [4.69, 9.17) is 0 Å². The first-order valence-corrected chi connectivity index (χ1v) is 9.51. The third-order valence-corrected chi connectivity index (χ3v) is 4.64. The lowest BCUT2D eigenvalue weighted by atomic mass is 10.1. The Morgan fingerprint density at radius 3 is 2.79 bits per heavy atom. The fraction of sp³-hybridized carbons (Fsp3) is 0.182. The third-order valence-electron chi connectivity index (χ3n) is 4.64. The Labute approximate surface area is 168 Å². The molecule has 0 bridgehead atoms. The summed E-state index contributed by atoms with van der Waals surface area (Å²) in [5.41, 5.74) is 4.43. The van der Waals surface area contributed by atoms with Crippen LogP contribution < -0.4 is 10.6 Å². The van der Waals surface area contributed by atoms with Gasteiger partial charge in [0.05, 0.1) is 0 Å². The van der Waals surface area contributed by atoms with E-state index in [-0.39, 0.29) is 5.91 Å². The van der Waals surface area contributed by atoms with Crippen molar-refractivity contribution < 1.29 is 4.79 Å². The smallest absolute Gasteiger partial charge is 0.270 e. The zero-order valence-corrected chi connectivity index (χ0v) is 16.1. The Bertz CT molecular complexity index is 1120. The summed E-state index contributed by atoms with van der Waals surface area (Å²) >= 11 is 0. The van der Waals surface area contributed by atoms with Gasteiger partial charge in [0.25, 0.3) is 5.91 Å². The Kier molecular flexibility index (Phi) is 5.47. The van der Waals surface area contributed by atoms with Gasteiger partial charge in [0.1, 0.15) is 5.69 Å². The van der Waals surface area contributed by atoms with Crippen LogP contribution in [-0.4, -0.2) is 32.4 Å². The van der Waals surface area contributed by atoms with Crippen LogP contribution in [0.4, 0.5) is 5.95 Å². The number of hydrogen-bond donors (Lipinski definition) is 3. The maximum absolute atomic E-state index is 12.5. The van der Waals surface area contributed by atoms with Crippen molar-refractivity contribution in [2.45, 2.75) is 19.9 Å². The summed E-state index contributed by atoms with van der Waals surface area (Å²) < 4.78 is 0. The van der Waals surface area contributed by atoms with Crippen LogP contribution in [0.15, 0.2) is 61.1 Å². The van der Waals surface area contributed by atoms with Gasteiger partial charge in [0.2, 0.25) is 5.95 Å². The van der Waals surface area contributed by atoms with Gasteiger partial charge in [-0.25, -0.2) is 9.97 Å². The lowest BCUT2D eigenvalue weighted by molar-refractivity contribution is 0.0945. The summed E-state index contributed by atoms with van der Waals surface area (Å²) in [7, 11) is 0. The number of para-hydroxylation sites is 1. The molecule has 3 aromatic heterocycles. The Morgan fingerprint density at radius 1 is 1.10 bits per heavy atom. The highest BCUT2D eigenvalue weighted by Gasteiger charge is 2.11. The van der Waals surface area contributed by atoms with Crippen molar-refractivity contribution >= 4 is 22.8 Å². The van der Waals surface area contributed by atoms with Gasteiger partial charge in [-0.15, -0.1) is 0 Å². The molecule has 3 heterocycles. The van der Waals surface area contributed by atoms with Crippen molar-refractivity contribution in [1.29, 1.82) is 0 Å². The molecule has 29 heavy (non-hydrogen) atoms. The van der Waals surface area contributed by atoms with Crippen LogP contribution in [0.1, 0.15) is 27.3 Å². The van der Waals surface area contributed by atoms with E-state index < -0.39 is 0 Å². The quantitative estimate of drug-likeness (QED) is 0.453. The normalized spacial score (nSPS) is 10.8. The van der Waals surface area contributed by atoms with Crippen LogP contribution in [0.25, 0.3) is 10.9 Å². The summed E-state index contributed by atoms with van der Waals surface area (Å²) in [6.07, 6.45) is 6.25. The lowest BCUT2D eigenvalue weighted by Gasteiger charge is -2.09. The molecule has 0 aliphatic heterocycles. The van der Waals surface area contributed by atoms with Crippen LogP contribution in [0, 0.1) is 6.92 Å². The highest BCUT2D eigenvalue weighted by molar-refractivity contribution is 5.92. The number of nitrogens with zero attached hydrogens (tertiary/aromatic N) is 3. The summed E-state index contributed by atoms with van der Waals surface area (Å²) in [6, 6.07) is 13.6. The van der Waals surface area contributed by atoms with Crippen molar-refractivity contribution in [3.05, 3.63) is 83.6 Å². The molecule has 0 radical (unpaired) electrons. The van der Waals surface area contributed by atoms with Crippen molar-refractivity contribution in [3.63, 3.8) is 0 Å². The molecule has 0 saturated heterocycles. The average Bonchev–Trinajstić information content (AvgIpc) is 3.15. The Hall–Kier alpha value is -3.74. The number of H-pyrrole nitrogens is 1. The number of amides is 1. The van der Waals surface area contributed by atoms with E-state index in [1.807, 2.05) is 37.4 Å². The van der Waals surface area contributed by atoms with E-state index >= 15 is 0 Å². The number of anilines is 1. The lowest BCUT2D eigenvalue weighted by Crippen LogP contribution is -2.24. The molecule has 1 aromatic carbocycles. The molecule has 4 aromatic rings. The molecule has 0 unspecified atom stereocenters. The summed E-state index contributed by atoms with van der Waals surface area (Å²) in [5, 5.41) is 7.33. The molecule has 1 amide bonds. The van der Waals surface area contributed by atoms with Crippen LogP contribution in [-0.2, 0) is 13.0 Å². The first-order valence-electron chi connectivity index (χ1n) is 9.51. The number of carbonyl (C=O) groups excluding carboxylic acids is 1. The van der Waals surface area contributed by atoms with Crippen LogP contribution in [0.2, 0.25) is 0 Å². The van der Waals surface area contributed by atoms with Crippen molar-refractivity contribution in [2.75, 3.05) is 11.9 Å². The highest BCUT2D eigenvalue weighted by Crippen LogP contribution is 2.18. The number of aromatic nitrogens is 4. The maximum atomic E-state index is 12.5. The van der Waals surface area contributed by atoms with Crippen molar-refractivity contribution in [1.82, 2.24) is 25.3 Å². The van der Waals surface area contributed by atoms with Gasteiger partial charge in [-0.05, 0) is 48.7 Å². The highest BCUT2D eigenvalue weighted by atomic mass is 16.1. The molecule has 146 valence electrons. The minimum Gasteiger partial charge on any atom is -0.361 e. The standard InChI is InChI=1S/C22H22N6O/c1-15-12-20(21(29)26-13-16-6-9-23-10-7-16)28-22(27-15)24-11-8-17-14-25-19-5-3-2-4-18(17)19/h2-7,9-10,12,14,25H,8,11,13H2,1H3,(H,26,29)(H,24,27,28). The molecule has 0 spiro atoms. The van der Waals surface area contributed by atoms with E-state index in [2.05, 4.69) is 42.7 Å². The number of fused-ring (bicyclic) bond motifs is 1. The van der Waals surface area contributed by atoms with Gasteiger partial charge in [-0.1, -0.05) is 18.2 Å². The second kappa shape index (κ2) is 8.52. The third kappa shape index (κ3) is 4.57. The topological polar surface area (TPSA) is 95.6 Å². The second-order valence-electron chi connectivity index (χ2n) is 6.79. The minimum atomic E-state index is -0.230. The van der Waals surface area contributed by atoms with Crippen molar-refractivity contribution in [2.24, 2.45) is 0 Å². The van der Waals surface area contributed by atoms with Gasteiger partial charge in [0, 0.05) is 48.3 Å². The van der Waals surface area contributed by atoms with Gasteiger partial charge in [-0.2, -0.15) is 0 Å². The SMILES string of the molecule is Cc1cc(C(=O)NCc2ccncc2)nc(NCCc2c[nH]c3ccccc23)n1. The molecule has 0 saturated carbocycles. The molecule has 3 N–H and O–H groups in total. The zero-order chi connectivity index (χ0) is 20.1. The van der Waals surface area contributed by atoms with Gasteiger partial charge in [-0.3, -0.25) is 9.78 Å². The molecule has 0 aliphatic rings. The van der Waals surface area contributed by atoms with E-state index in [0.717, 1.165) is 23.2 Å². The van der Waals surface area contributed by atoms with Crippen molar-refractivity contribution in [3.8, 4) is 0 Å². The number of rotatable bonds is 7. The number of aromatic amines is 1. The number of pyridine rings is 1. The molecular weight excluding hydrogens is 364 g/mol. The molecular formula is C22H22N6O. The Morgan fingerprint density at radius 2 is 1.93 bits per heavy atom. The molecule has 0 aliphatic carbocycles. The molecule has 0 atom stereocenters. The number of nitrogens with one attached hydrogen (secondary N) is 3. The number of aryl methyl sites for hydroxylation is 1. The summed E-state index contributed by atoms with van der Waals surface area (Å²) in [5.74, 6) is 0.228. The molecule has 7 heteroatoms. The predicted molar refractivity (Wildman–Crippen MR) is 113 cm³/mol. The van der Waals surface area contributed by atoms with Crippen LogP contribution in [0.3, 0.4) is 0 Å². The van der Waals surface area contributed by atoms with Gasteiger partial charge < -0.3 is 15.6 Å². The monoisotopic (exact) mass is 386 g/mol. The maximum Gasteiger partial charge on any atom is 0.270 e.